The molecule has 1 aromatic rings. The molecule has 6 nitrogen and oxygen atoms in total. The van der Waals surface area contributed by atoms with Crippen LogP contribution in [0.1, 0.15) is 37.0 Å². The number of hydrogen-bond donors (Lipinski definition) is 2. The van der Waals surface area contributed by atoms with E-state index in [1.807, 2.05) is 6.92 Å². The fourth-order valence-corrected chi connectivity index (χ4v) is 1.95. The first-order chi connectivity index (χ1) is 10.9. The lowest BCUT2D eigenvalue weighted by molar-refractivity contribution is -0.154. The molecule has 1 aromatic carbocycles. The number of nitrogens with one attached hydrogen (secondary N) is 2. The van der Waals surface area contributed by atoms with E-state index >= 15 is 0 Å². The zero-order chi connectivity index (χ0) is 17.2. The quantitative estimate of drug-likeness (QED) is 0.671. The van der Waals surface area contributed by atoms with Gasteiger partial charge in [0.1, 0.15) is 0 Å². The highest BCUT2D eigenvalue weighted by Gasteiger charge is 2.17. The number of esters is 1. The topological polar surface area (TPSA) is 84.5 Å². The second-order valence-corrected chi connectivity index (χ2v) is 5.85. The number of benzene rings is 1. The molecule has 126 valence electrons. The van der Waals surface area contributed by atoms with Crippen molar-refractivity contribution in [2.24, 2.45) is 0 Å². The Bertz CT molecular complexity index is 546. The Morgan fingerprint density at radius 1 is 1.13 bits per heavy atom. The van der Waals surface area contributed by atoms with Crippen LogP contribution in [-0.2, 0) is 14.3 Å². The van der Waals surface area contributed by atoms with Crippen LogP contribution in [0.5, 0.6) is 0 Å². The SMILES string of the molecule is CCCNC(=O)[C@@H](C)OC(=O)CCNC(=O)c1ccc(Br)cc1. The third kappa shape index (κ3) is 7.27. The lowest BCUT2D eigenvalue weighted by atomic mass is 10.2. The summed E-state index contributed by atoms with van der Waals surface area (Å²) in [6, 6.07) is 6.88. The highest BCUT2D eigenvalue weighted by atomic mass is 79.9. The number of carbonyl (C=O) groups is 3. The minimum Gasteiger partial charge on any atom is -0.452 e. The molecule has 0 aliphatic heterocycles. The van der Waals surface area contributed by atoms with Crippen LogP contribution in [0.3, 0.4) is 0 Å². The molecule has 0 bridgehead atoms. The normalized spacial score (nSPS) is 11.4. The number of ether oxygens (including phenoxy) is 1. The van der Waals surface area contributed by atoms with Crippen molar-refractivity contribution in [3.8, 4) is 0 Å². The standard InChI is InChI=1S/C16H21BrN2O4/c1-3-9-18-15(21)11(2)23-14(20)8-10-19-16(22)12-4-6-13(17)7-5-12/h4-7,11H,3,8-10H2,1-2H3,(H,18,21)(H,19,22)/t11-/m1/s1. The molecular weight excluding hydrogens is 364 g/mol. The average Bonchev–Trinajstić information content (AvgIpc) is 2.52. The summed E-state index contributed by atoms with van der Waals surface area (Å²) in [5, 5.41) is 5.28. The smallest absolute Gasteiger partial charge is 0.308 e. The maximum absolute atomic E-state index is 11.8. The largest absolute Gasteiger partial charge is 0.452 e. The second kappa shape index (κ2) is 9.99. The molecule has 2 N–H and O–H groups in total. The van der Waals surface area contributed by atoms with Crippen LogP contribution in [0.25, 0.3) is 0 Å². The van der Waals surface area contributed by atoms with Crippen LogP contribution < -0.4 is 10.6 Å². The molecule has 0 aliphatic carbocycles. The molecule has 1 rings (SSSR count). The van der Waals surface area contributed by atoms with Gasteiger partial charge in [-0.1, -0.05) is 22.9 Å². The van der Waals surface area contributed by atoms with Crippen LogP contribution >= 0.6 is 15.9 Å². The average molecular weight is 385 g/mol. The van der Waals surface area contributed by atoms with Gasteiger partial charge in [-0.15, -0.1) is 0 Å². The van der Waals surface area contributed by atoms with Gasteiger partial charge in [0.25, 0.3) is 11.8 Å². The molecule has 0 heterocycles. The van der Waals surface area contributed by atoms with Gasteiger partial charge in [-0.25, -0.2) is 0 Å². The van der Waals surface area contributed by atoms with E-state index in [0.29, 0.717) is 12.1 Å². The Kier molecular flexibility index (Phi) is 8.32. The minimum absolute atomic E-state index is 0.00760. The first-order valence-corrected chi connectivity index (χ1v) is 8.24. The zero-order valence-corrected chi connectivity index (χ0v) is 14.8. The Hall–Kier alpha value is -1.89. The second-order valence-electron chi connectivity index (χ2n) is 4.94. The van der Waals surface area contributed by atoms with E-state index in [1.165, 1.54) is 6.92 Å². The summed E-state index contributed by atoms with van der Waals surface area (Å²) in [4.78, 5) is 35.0. The van der Waals surface area contributed by atoms with Gasteiger partial charge in [-0.3, -0.25) is 14.4 Å². The molecule has 0 unspecified atom stereocenters. The van der Waals surface area contributed by atoms with Crippen molar-refractivity contribution in [2.75, 3.05) is 13.1 Å². The van der Waals surface area contributed by atoms with E-state index in [0.717, 1.165) is 10.9 Å². The van der Waals surface area contributed by atoms with Crippen molar-refractivity contribution in [2.45, 2.75) is 32.8 Å². The van der Waals surface area contributed by atoms with E-state index in [4.69, 9.17) is 4.74 Å². The van der Waals surface area contributed by atoms with Crippen LogP contribution in [0.4, 0.5) is 0 Å². The summed E-state index contributed by atoms with van der Waals surface area (Å²) < 4.78 is 5.89. The highest BCUT2D eigenvalue weighted by molar-refractivity contribution is 9.10. The number of hydrogen-bond acceptors (Lipinski definition) is 4. The summed E-state index contributed by atoms with van der Waals surface area (Å²) in [7, 11) is 0. The first-order valence-electron chi connectivity index (χ1n) is 7.45. The van der Waals surface area contributed by atoms with E-state index in [2.05, 4.69) is 26.6 Å². The van der Waals surface area contributed by atoms with Crippen molar-refractivity contribution >= 4 is 33.7 Å². The van der Waals surface area contributed by atoms with Gasteiger partial charge in [0.2, 0.25) is 0 Å². The van der Waals surface area contributed by atoms with Gasteiger partial charge in [-0.2, -0.15) is 0 Å². The van der Waals surface area contributed by atoms with E-state index < -0.39 is 12.1 Å². The maximum Gasteiger partial charge on any atom is 0.308 e. The Labute approximate surface area is 144 Å². The number of halogens is 1. The van der Waals surface area contributed by atoms with Gasteiger partial charge in [0.05, 0.1) is 6.42 Å². The van der Waals surface area contributed by atoms with Crippen molar-refractivity contribution in [3.05, 3.63) is 34.3 Å². The van der Waals surface area contributed by atoms with Crippen LogP contribution in [0, 0.1) is 0 Å². The fraction of sp³-hybridized carbons (Fsp3) is 0.438. The molecule has 0 radical (unpaired) electrons. The monoisotopic (exact) mass is 384 g/mol. The summed E-state index contributed by atoms with van der Waals surface area (Å²) >= 11 is 3.29. The molecule has 0 spiro atoms. The van der Waals surface area contributed by atoms with Crippen molar-refractivity contribution in [1.29, 1.82) is 0 Å². The molecule has 0 fully saturated rings. The number of carbonyl (C=O) groups excluding carboxylic acids is 3. The summed E-state index contributed by atoms with van der Waals surface area (Å²) in [5.74, 6) is -1.11. The lowest BCUT2D eigenvalue weighted by Crippen LogP contribution is -2.36. The molecule has 0 saturated carbocycles. The lowest BCUT2D eigenvalue weighted by Gasteiger charge is -2.13. The zero-order valence-electron chi connectivity index (χ0n) is 13.2. The first kappa shape index (κ1) is 19.2. The Balaban J connectivity index is 2.29. The van der Waals surface area contributed by atoms with Gasteiger partial charge in [-0.05, 0) is 37.6 Å². The summed E-state index contributed by atoms with van der Waals surface area (Å²) in [6.07, 6.45) is -0.0152. The van der Waals surface area contributed by atoms with Crippen molar-refractivity contribution < 1.29 is 19.1 Å². The van der Waals surface area contributed by atoms with Crippen molar-refractivity contribution in [1.82, 2.24) is 10.6 Å². The molecule has 0 saturated heterocycles. The van der Waals surface area contributed by atoms with E-state index in [1.54, 1.807) is 24.3 Å². The summed E-state index contributed by atoms with van der Waals surface area (Å²) in [6.45, 7) is 4.15. The molecule has 0 aromatic heterocycles. The number of amides is 2. The van der Waals surface area contributed by atoms with E-state index in [-0.39, 0.29) is 24.8 Å². The Morgan fingerprint density at radius 3 is 2.39 bits per heavy atom. The third-order valence-corrected chi connectivity index (χ3v) is 3.48. The third-order valence-electron chi connectivity index (χ3n) is 2.95. The van der Waals surface area contributed by atoms with Crippen LogP contribution in [0.2, 0.25) is 0 Å². The molecule has 1 atom stereocenters. The predicted octanol–water partition coefficient (Wildman–Crippen LogP) is 2.03. The minimum atomic E-state index is -0.837. The van der Waals surface area contributed by atoms with Gasteiger partial charge >= 0.3 is 5.97 Å². The van der Waals surface area contributed by atoms with Gasteiger partial charge in [0, 0.05) is 23.1 Å². The highest BCUT2D eigenvalue weighted by Crippen LogP contribution is 2.10. The van der Waals surface area contributed by atoms with Gasteiger partial charge < -0.3 is 15.4 Å². The summed E-state index contributed by atoms with van der Waals surface area (Å²) in [5.41, 5.74) is 0.508. The predicted molar refractivity (Wildman–Crippen MR) is 89.9 cm³/mol. The molecular formula is C16H21BrN2O4. The fourth-order valence-electron chi connectivity index (χ4n) is 1.68. The number of rotatable bonds is 8. The maximum atomic E-state index is 11.8. The Morgan fingerprint density at radius 2 is 1.78 bits per heavy atom. The molecule has 0 aliphatic rings. The van der Waals surface area contributed by atoms with E-state index in [9.17, 15) is 14.4 Å². The molecule has 2 amide bonds. The van der Waals surface area contributed by atoms with Crippen LogP contribution in [-0.4, -0.2) is 37.0 Å². The molecule has 23 heavy (non-hydrogen) atoms. The molecule has 7 heteroatoms. The van der Waals surface area contributed by atoms with Crippen molar-refractivity contribution in [3.63, 3.8) is 0 Å². The van der Waals surface area contributed by atoms with Gasteiger partial charge in [0.15, 0.2) is 6.10 Å². The van der Waals surface area contributed by atoms with Crippen LogP contribution in [0.15, 0.2) is 28.7 Å².